The molecular formula is C20H35IN4O4. The fraction of sp³-hybridized carbons (Fsp3) is 0.600. The molecule has 0 atom stereocenters. The highest BCUT2D eigenvalue weighted by molar-refractivity contribution is 14.0. The Morgan fingerprint density at radius 3 is 2.34 bits per heavy atom. The quantitative estimate of drug-likeness (QED) is 0.236. The van der Waals surface area contributed by atoms with Gasteiger partial charge in [0.2, 0.25) is 0 Å². The lowest BCUT2D eigenvalue weighted by atomic mass is 10.2. The first kappa shape index (κ1) is 27.1. The second kappa shape index (κ2) is 13.3. The minimum absolute atomic E-state index is 0. The third-order valence-corrected chi connectivity index (χ3v) is 3.78. The van der Waals surface area contributed by atoms with Gasteiger partial charge in [0.05, 0.1) is 14.2 Å². The lowest BCUT2D eigenvalue weighted by Crippen LogP contribution is -2.40. The number of rotatable bonds is 8. The zero-order chi connectivity index (χ0) is 21.2. The summed E-state index contributed by atoms with van der Waals surface area (Å²) >= 11 is 0. The predicted molar refractivity (Wildman–Crippen MR) is 127 cm³/mol. The summed E-state index contributed by atoms with van der Waals surface area (Å²) in [6, 6.07) is 5.75. The number of carbonyl (C=O) groups is 1. The smallest absolute Gasteiger partial charge is 0.407 e. The fourth-order valence-electron chi connectivity index (χ4n) is 2.49. The van der Waals surface area contributed by atoms with Crippen molar-refractivity contribution in [2.24, 2.45) is 4.99 Å². The third kappa shape index (κ3) is 10.4. The average molecular weight is 522 g/mol. The van der Waals surface area contributed by atoms with Gasteiger partial charge in [0.25, 0.3) is 0 Å². The number of guanidine groups is 1. The molecule has 1 aromatic rings. The van der Waals surface area contributed by atoms with Crippen LogP contribution in [0.2, 0.25) is 0 Å². The molecule has 0 saturated carbocycles. The van der Waals surface area contributed by atoms with Crippen LogP contribution < -0.4 is 20.1 Å². The molecule has 0 aromatic heterocycles. The normalized spacial score (nSPS) is 11.2. The lowest BCUT2D eigenvalue weighted by molar-refractivity contribution is 0.0527. The van der Waals surface area contributed by atoms with Crippen LogP contribution in [0, 0.1) is 0 Å². The fourth-order valence-corrected chi connectivity index (χ4v) is 2.49. The van der Waals surface area contributed by atoms with Crippen molar-refractivity contribution in [3.05, 3.63) is 23.8 Å². The Bertz CT molecular complexity index is 662. The van der Waals surface area contributed by atoms with E-state index in [0.717, 1.165) is 29.4 Å². The van der Waals surface area contributed by atoms with Gasteiger partial charge in [-0.15, -0.1) is 24.0 Å². The van der Waals surface area contributed by atoms with Crippen LogP contribution in [0.15, 0.2) is 23.2 Å². The van der Waals surface area contributed by atoms with E-state index in [4.69, 9.17) is 14.2 Å². The number of nitrogens with one attached hydrogen (secondary N) is 2. The van der Waals surface area contributed by atoms with Gasteiger partial charge in [-0.25, -0.2) is 4.79 Å². The highest BCUT2D eigenvalue weighted by atomic mass is 127. The molecule has 0 fully saturated rings. The van der Waals surface area contributed by atoms with E-state index in [1.165, 1.54) is 0 Å². The summed E-state index contributed by atoms with van der Waals surface area (Å²) < 4.78 is 15.9. The van der Waals surface area contributed by atoms with Crippen molar-refractivity contribution >= 4 is 36.0 Å². The largest absolute Gasteiger partial charge is 0.497 e. The Kier molecular flexibility index (Phi) is 12.5. The summed E-state index contributed by atoms with van der Waals surface area (Å²) in [4.78, 5) is 17.9. The maximum absolute atomic E-state index is 11.6. The number of amides is 1. The van der Waals surface area contributed by atoms with Gasteiger partial charge in [-0.1, -0.05) is 0 Å². The number of alkyl carbamates (subject to hydrolysis) is 1. The van der Waals surface area contributed by atoms with Crippen molar-refractivity contribution in [3.8, 4) is 11.5 Å². The molecule has 1 amide bonds. The van der Waals surface area contributed by atoms with Gasteiger partial charge in [0.1, 0.15) is 17.1 Å². The summed E-state index contributed by atoms with van der Waals surface area (Å²) in [5, 5.41) is 6.03. The van der Waals surface area contributed by atoms with Gasteiger partial charge < -0.3 is 29.7 Å². The zero-order valence-corrected chi connectivity index (χ0v) is 20.8. The number of carbonyl (C=O) groups excluding carboxylic acids is 1. The average Bonchev–Trinajstić information content (AvgIpc) is 2.63. The molecule has 0 saturated heterocycles. The molecule has 1 rings (SSSR count). The summed E-state index contributed by atoms with van der Waals surface area (Å²) in [5.74, 6) is 2.28. The first-order valence-electron chi connectivity index (χ1n) is 9.29. The van der Waals surface area contributed by atoms with E-state index in [0.29, 0.717) is 19.6 Å². The molecule has 0 aliphatic heterocycles. The van der Waals surface area contributed by atoms with Crippen LogP contribution in [-0.4, -0.2) is 64.0 Å². The Hall–Kier alpha value is -1.91. The summed E-state index contributed by atoms with van der Waals surface area (Å²) in [6.07, 6.45) is 0.346. The predicted octanol–water partition coefficient (Wildman–Crippen LogP) is 3.24. The van der Waals surface area contributed by atoms with Crippen LogP contribution >= 0.6 is 24.0 Å². The van der Waals surface area contributed by atoms with E-state index >= 15 is 0 Å². The number of halogens is 1. The minimum Gasteiger partial charge on any atom is -0.497 e. The number of nitrogens with zero attached hydrogens (tertiary/aromatic N) is 2. The first-order chi connectivity index (χ1) is 13.2. The molecule has 0 aliphatic carbocycles. The number of methoxy groups -OCH3 is 2. The number of aliphatic imine (C=N–C) groups is 1. The van der Waals surface area contributed by atoms with Crippen molar-refractivity contribution in [2.45, 2.75) is 39.3 Å². The van der Waals surface area contributed by atoms with Crippen LogP contribution in [0.5, 0.6) is 11.5 Å². The number of ether oxygens (including phenoxy) is 3. The Labute approximate surface area is 191 Å². The Balaban J connectivity index is 0.00000784. The van der Waals surface area contributed by atoms with E-state index in [2.05, 4.69) is 15.6 Å². The van der Waals surface area contributed by atoms with Crippen LogP contribution in [0.4, 0.5) is 4.79 Å². The highest BCUT2D eigenvalue weighted by Gasteiger charge is 2.15. The number of hydrogen-bond acceptors (Lipinski definition) is 5. The Morgan fingerprint density at radius 2 is 1.79 bits per heavy atom. The Morgan fingerprint density at radius 1 is 1.14 bits per heavy atom. The molecule has 166 valence electrons. The molecule has 0 bridgehead atoms. The van der Waals surface area contributed by atoms with Crippen molar-refractivity contribution in [3.63, 3.8) is 0 Å². The molecule has 0 radical (unpaired) electrons. The minimum atomic E-state index is -0.490. The van der Waals surface area contributed by atoms with E-state index in [9.17, 15) is 4.79 Å². The van der Waals surface area contributed by atoms with E-state index in [1.54, 1.807) is 21.3 Å². The van der Waals surface area contributed by atoms with Crippen molar-refractivity contribution in [1.29, 1.82) is 0 Å². The molecule has 0 aliphatic rings. The van der Waals surface area contributed by atoms with Crippen molar-refractivity contribution in [1.82, 2.24) is 15.5 Å². The molecule has 0 spiro atoms. The van der Waals surface area contributed by atoms with Gasteiger partial charge in [-0.05, 0) is 39.3 Å². The molecule has 0 heterocycles. The van der Waals surface area contributed by atoms with Crippen LogP contribution in [0.1, 0.15) is 32.8 Å². The lowest BCUT2D eigenvalue weighted by Gasteiger charge is -2.23. The van der Waals surface area contributed by atoms with E-state index < -0.39 is 11.7 Å². The molecule has 9 heteroatoms. The van der Waals surface area contributed by atoms with Gasteiger partial charge >= 0.3 is 6.09 Å². The molecular weight excluding hydrogens is 487 g/mol. The number of hydrogen-bond donors (Lipinski definition) is 2. The summed E-state index contributed by atoms with van der Waals surface area (Å²) in [6.45, 7) is 7.34. The van der Waals surface area contributed by atoms with Gasteiger partial charge in [-0.2, -0.15) is 0 Å². The SMILES string of the molecule is CN=C(NCCCNC(=O)OC(C)(C)C)N(C)Cc1ccc(OC)cc1OC.I. The number of benzene rings is 1. The second-order valence-corrected chi connectivity index (χ2v) is 7.29. The standard InChI is InChI=1S/C20H34N4O4.HI/c1-20(2,3)28-19(25)23-12-8-11-22-18(21-4)24(5)14-15-9-10-16(26-6)13-17(15)27-7;/h9-10,13H,8,11-12,14H2,1-7H3,(H,21,22)(H,23,25);1H. The van der Waals surface area contributed by atoms with Gasteiger partial charge in [0, 0.05) is 45.4 Å². The monoisotopic (exact) mass is 522 g/mol. The summed E-state index contributed by atoms with van der Waals surface area (Å²) in [5.41, 5.74) is 0.538. The van der Waals surface area contributed by atoms with Crippen LogP contribution in [0.25, 0.3) is 0 Å². The maximum atomic E-state index is 11.6. The van der Waals surface area contributed by atoms with Gasteiger partial charge in [0.15, 0.2) is 5.96 Å². The van der Waals surface area contributed by atoms with Crippen LogP contribution in [0.3, 0.4) is 0 Å². The second-order valence-electron chi connectivity index (χ2n) is 7.29. The zero-order valence-electron chi connectivity index (χ0n) is 18.5. The van der Waals surface area contributed by atoms with E-state index in [1.807, 2.05) is 50.9 Å². The van der Waals surface area contributed by atoms with Crippen molar-refractivity contribution in [2.75, 3.05) is 41.4 Å². The topological polar surface area (TPSA) is 84.4 Å². The molecule has 8 nitrogen and oxygen atoms in total. The van der Waals surface area contributed by atoms with Crippen LogP contribution in [-0.2, 0) is 11.3 Å². The summed E-state index contributed by atoms with van der Waals surface area (Å²) in [7, 11) is 6.97. The van der Waals surface area contributed by atoms with Gasteiger partial charge in [-0.3, -0.25) is 4.99 Å². The third-order valence-electron chi connectivity index (χ3n) is 3.78. The van der Waals surface area contributed by atoms with Crippen molar-refractivity contribution < 1.29 is 19.0 Å². The molecule has 2 N–H and O–H groups in total. The molecule has 1 aromatic carbocycles. The first-order valence-corrected chi connectivity index (χ1v) is 9.29. The maximum Gasteiger partial charge on any atom is 0.407 e. The molecule has 29 heavy (non-hydrogen) atoms. The molecule has 0 unspecified atom stereocenters. The highest BCUT2D eigenvalue weighted by Crippen LogP contribution is 2.25. The van der Waals surface area contributed by atoms with E-state index in [-0.39, 0.29) is 24.0 Å².